The zero-order chi connectivity index (χ0) is 12.5. The van der Waals surface area contributed by atoms with E-state index in [4.69, 9.17) is 4.74 Å². The fourth-order valence-corrected chi connectivity index (χ4v) is 1.46. The molecule has 0 bridgehead atoms. The molecule has 0 spiro atoms. The molecule has 0 atom stereocenters. The maximum Gasteiger partial charge on any atom is 0.221 e. The first-order chi connectivity index (χ1) is 8.22. The summed E-state index contributed by atoms with van der Waals surface area (Å²) >= 11 is 0. The molecule has 0 fully saturated rings. The maximum absolute atomic E-state index is 11.4. The van der Waals surface area contributed by atoms with Gasteiger partial charge in [0.2, 0.25) is 5.91 Å². The van der Waals surface area contributed by atoms with Gasteiger partial charge in [0.15, 0.2) is 0 Å². The van der Waals surface area contributed by atoms with Gasteiger partial charge in [-0.3, -0.25) is 4.79 Å². The number of carbonyl (C=O) groups excluding carboxylic acids is 1. The van der Waals surface area contributed by atoms with Crippen molar-refractivity contribution in [2.24, 2.45) is 0 Å². The minimum Gasteiger partial charge on any atom is -0.385 e. The zero-order valence-electron chi connectivity index (χ0n) is 10.5. The molecule has 2 N–H and O–H groups in total. The molecule has 4 nitrogen and oxygen atoms in total. The lowest BCUT2D eigenvalue weighted by Crippen LogP contribution is -2.28. The summed E-state index contributed by atoms with van der Waals surface area (Å²) in [5.74, 6) is 0.0437. The highest BCUT2D eigenvalue weighted by molar-refractivity contribution is 5.76. The van der Waals surface area contributed by atoms with Crippen molar-refractivity contribution < 1.29 is 9.53 Å². The average Bonchev–Trinajstić information content (AvgIpc) is 2.29. The molecule has 0 unspecified atom stereocenters. The smallest absolute Gasteiger partial charge is 0.221 e. The van der Waals surface area contributed by atoms with E-state index in [9.17, 15) is 4.79 Å². The summed E-state index contributed by atoms with van der Waals surface area (Å²) in [6, 6.07) is 8.09. The Hall–Kier alpha value is -1.55. The predicted octanol–water partition coefficient (Wildman–Crippen LogP) is 1.56. The van der Waals surface area contributed by atoms with Crippen LogP contribution in [0.25, 0.3) is 0 Å². The highest BCUT2D eigenvalue weighted by Crippen LogP contribution is 2.08. The minimum atomic E-state index is 0.0437. The zero-order valence-corrected chi connectivity index (χ0v) is 10.5. The molecule has 17 heavy (non-hydrogen) atoms. The molecule has 0 aliphatic rings. The summed E-state index contributed by atoms with van der Waals surface area (Å²) < 4.78 is 4.85. The highest BCUT2D eigenvalue weighted by Gasteiger charge is 1.99. The van der Waals surface area contributed by atoms with Crippen LogP contribution in [-0.4, -0.2) is 32.7 Å². The molecule has 1 amide bonds. The van der Waals surface area contributed by atoms with Gasteiger partial charge in [0.25, 0.3) is 0 Å². The quantitative estimate of drug-likeness (QED) is 0.706. The number of rotatable bonds is 7. The number of hydrogen-bond donors (Lipinski definition) is 2. The number of hydrogen-bond acceptors (Lipinski definition) is 3. The van der Waals surface area contributed by atoms with E-state index in [0.29, 0.717) is 26.1 Å². The van der Waals surface area contributed by atoms with Crippen LogP contribution in [0.15, 0.2) is 24.3 Å². The summed E-state index contributed by atoms with van der Waals surface area (Å²) in [5, 5.41) is 5.99. The molecule has 0 aromatic heterocycles. The van der Waals surface area contributed by atoms with Gasteiger partial charge in [-0.15, -0.1) is 0 Å². The van der Waals surface area contributed by atoms with E-state index in [-0.39, 0.29) is 5.91 Å². The largest absolute Gasteiger partial charge is 0.385 e. The molecule has 0 saturated carbocycles. The second kappa shape index (κ2) is 7.68. The van der Waals surface area contributed by atoms with Gasteiger partial charge < -0.3 is 15.4 Å². The van der Waals surface area contributed by atoms with Gasteiger partial charge in [-0.1, -0.05) is 12.1 Å². The lowest BCUT2D eigenvalue weighted by molar-refractivity contribution is -0.121. The number of methoxy groups -OCH3 is 1. The van der Waals surface area contributed by atoms with Crippen LogP contribution in [-0.2, 0) is 9.53 Å². The van der Waals surface area contributed by atoms with E-state index >= 15 is 0 Å². The Bertz CT molecular complexity index is 353. The molecule has 0 aliphatic carbocycles. The Morgan fingerprint density at radius 1 is 1.35 bits per heavy atom. The number of carbonyl (C=O) groups is 1. The van der Waals surface area contributed by atoms with Crippen molar-refractivity contribution in [2.75, 3.05) is 32.1 Å². The molecule has 1 rings (SSSR count). The van der Waals surface area contributed by atoms with Gasteiger partial charge in [0, 0.05) is 32.3 Å². The van der Waals surface area contributed by atoms with E-state index in [1.165, 1.54) is 5.56 Å². The van der Waals surface area contributed by atoms with Crippen LogP contribution in [0, 0.1) is 6.92 Å². The third kappa shape index (κ3) is 5.92. The van der Waals surface area contributed by atoms with E-state index in [1.807, 2.05) is 25.1 Å². The van der Waals surface area contributed by atoms with E-state index in [1.54, 1.807) is 7.11 Å². The highest BCUT2D eigenvalue weighted by atomic mass is 16.5. The second-order valence-electron chi connectivity index (χ2n) is 3.89. The van der Waals surface area contributed by atoms with Crippen LogP contribution in [0.2, 0.25) is 0 Å². The van der Waals surface area contributed by atoms with Crippen LogP contribution in [0.5, 0.6) is 0 Å². The summed E-state index contributed by atoms with van der Waals surface area (Å²) in [7, 11) is 1.62. The first-order valence-corrected chi connectivity index (χ1v) is 5.78. The van der Waals surface area contributed by atoms with E-state index < -0.39 is 0 Å². The van der Waals surface area contributed by atoms with Crippen molar-refractivity contribution in [1.82, 2.24) is 5.32 Å². The average molecular weight is 236 g/mol. The molecule has 0 aliphatic heterocycles. The fourth-order valence-electron chi connectivity index (χ4n) is 1.46. The first kappa shape index (κ1) is 13.5. The molecule has 1 aromatic rings. The lowest BCUT2D eigenvalue weighted by Gasteiger charge is -2.07. The number of aryl methyl sites for hydroxylation is 1. The monoisotopic (exact) mass is 236 g/mol. The van der Waals surface area contributed by atoms with Crippen molar-refractivity contribution in [3.63, 3.8) is 0 Å². The number of ether oxygens (including phenoxy) is 1. The standard InChI is InChI=1S/C13H20N2O2/c1-11-4-3-5-12(10-11)14-7-6-13(16)15-8-9-17-2/h3-5,10,14H,6-9H2,1-2H3,(H,15,16). The third-order valence-electron chi connectivity index (χ3n) is 2.33. The summed E-state index contributed by atoms with van der Waals surface area (Å²) in [4.78, 5) is 11.4. The Balaban J connectivity index is 2.17. The molecular weight excluding hydrogens is 216 g/mol. The lowest BCUT2D eigenvalue weighted by atomic mass is 10.2. The first-order valence-electron chi connectivity index (χ1n) is 5.78. The van der Waals surface area contributed by atoms with Gasteiger partial charge in [0.05, 0.1) is 6.61 Å². The van der Waals surface area contributed by atoms with Gasteiger partial charge in [0.1, 0.15) is 0 Å². The summed E-state index contributed by atoms with van der Waals surface area (Å²) in [6.45, 7) is 3.81. The molecule has 0 saturated heterocycles. The Morgan fingerprint density at radius 2 is 2.18 bits per heavy atom. The number of nitrogens with one attached hydrogen (secondary N) is 2. The van der Waals surface area contributed by atoms with Gasteiger partial charge in [-0.2, -0.15) is 0 Å². The molecule has 94 valence electrons. The SMILES string of the molecule is COCCNC(=O)CCNc1cccc(C)c1. The number of anilines is 1. The van der Waals surface area contributed by atoms with Gasteiger partial charge in [-0.05, 0) is 24.6 Å². The van der Waals surface area contributed by atoms with Crippen molar-refractivity contribution in [3.05, 3.63) is 29.8 Å². The van der Waals surface area contributed by atoms with Crippen LogP contribution >= 0.6 is 0 Å². The summed E-state index contributed by atoms with van der Waals surface area (Å²) in [5.41, 5.74) is 2.26. The third-order valence-corrected chi connectivity index (χ3v) is 2.33. The fraction of sp³-hybridized carbons (Fsp3) is 0.462. The van der Waals surface area contributed by atoms with Crippen molar-refractivity contribution in [2.45, 2.75) is 13.3 Å². The normalized spacial score (nSPS) is 10.0. The van der Waals surface area contributed by atoms with Gasteiger partial charge >= 0.3 is 0 Å². The Kier molecular flexibility index (Phi) is 6.10. The van der Waals surface area contributed by atoms with Crippen LogP contribution in [0.3, 0.4) is 0 Å². The van der Waals surface area contributed by atoms with Crippen molar-refractivity contribution in [3.8, 4) is 0 Å². The molecule has 0 heterocycles. The van der Waals surface area contributed by atoms with Crippen molar-refractivity contribution in [1.29, 1.82) is 0 Å². The minimum absolute atomic E-state index is 0.0437. The van der Waals surface area contributed by atoms with E-state index in [2.05, 4.69) is 16.7 Å². The summed E-state index contributed by atoms with van der Waals surface area (Å²) in [6.07, 6.45) is 0.470. The molecule has 0 radical (unpaired) electrons. The molecule has 4 heteroatoms. The Labute approximate surface area is 102 Å². The van der Waals surface area contributed by atoms with Crippen LogP contribution in [0.1, 0.15) is 12.0 Å². The predicted molar refractivity (Wildman–Crippen MR) is 69.2 cm³/mol. The second-order valence-corrected chi connectivity index (χ2v) is 3.89. The van der Waals surface area contributed by atoms with Gasteiger partial charge in [-0.25, -0.2) is 0 Å². The number of benzene rings is 1. The number of amides is 1. The van der Waals surface area contributed by atoms with Crippen molar-refractivity contribution >= 4 is 11.6 Å². The van der Waals surface area contributed by atoms with Crippen LogP contribution < -0.4 is 10.6 Å². The topological polar surface area (TPSA) is 50.4 Å². The Morgan fingerprint density at radius 3 is 2.88 bits per heavy atom. The maximum atomic E-state index is 11.4. The van der Waals surface area contributed by atoms with E-state index in [0.717, 1.165) is 5.69 Å². The van der Waals surface area contributed by atoms with Crippen LogP contribution in [0.4, 0.5) is 5.69 Å². The molecule has 1 aromatic carbocycles. The molecular formula is C13H20N2O2.